The molecule has 23 heavy (non-hydrogen) atoms. The van der Waals surface area contributed by atoms with Crippen molar-refractivity contribution in [3.05, 3.63) is 59.9 Å². The van der Waals surface area contributed by atoms with Crippen LogP contribution in [-0.2, 0) is 9.63 Å². The van der Waals surface area contributed by atoms with Crippen molar-refractivity contribution in [1.29, 1.82) is 0 Å². The molecule has 0 bridgehead atoms. The summed E-state index contributed by atoms with van der Waals surface area (Å²) in [6.07, 6.45) is 3.14. The molecular weight excluding hydrogens is 294 g/mol. The van der Waals surface area contributed by atoms with Gasteiger partial charge in [-0.05, 0) is 35.7 Å². The maximum absolute atomic E-state index is 11.6. The molecule has 0 saturated carbocycles. The molecule has 0 amide bonds. The van der Waals surface area contributed by atoms with Crippen molar-refractivity contribution >= 4 is 11.8 Å². The number of benzene rings is 1. The van der Waals surface area contributed by atoms with Gasteiger partial charge in [-0.1, -0.05) is 31.1 Å². The van der Waals surface area contributed by atoms with Crippen LogP contribution in [0.5, 0.6) is 5.75 Å². The highest BCUT2D eigenvalue weighted by Gasteiger charge is 2.06. The normalized spacial score (nSPS) is 11.3. The van der Waals surface area contributed by atoms with Crippen LogP contribution in [0.1, 0.15) is 30.9 Å². The van der Waals surface area contributed by atoms with E-state index in [-0.39, 0.29) is 12.4 Å². The van der Waals surface area contributed by atoms with Crippen LogP contribution < -0.4 is 10.5 Å². The van der Waals surface area contributed by atoms with E-state index >= 15 is 0 Å². The largest absolute Gasteiger partial charge is 0.482 e. The van der Waals surface area contributed by atoms with Gasteiger partial charge in [-0.3, -0.25) is 4.98 Å². The Morgan fingerprint density at radius 1 is 1.26 bits per heavy atom. The molecule has 0 atom stereocenters. The van der Waals surface area contributed by atoms with Gasteiger partial charge < -0.3 is 15.3 Å². The number of rotatable bonds is 6. The van der Waals surface area contributed by atoms with Gasteiger partial charge in [-0.2, -0.15) is 0 Å². The smallest absolute Gasteiger partial charge is 0.372 e. The van der Waals surface area contributed by atoms with E-state index in [0.29, 0.717) is 17.2 Å². The predicted molar refractivity (Wildman–Crippen MR) is 87.1 cm³/mol. The Bertz CT molecular complexity index is 667. The van der Waals surface area contributed by atoms with Gasteiger partial charge in [0.2, 0.25) is 0 Å². The molecule has 1 aromatic carbocycles. The number of pyridine rings is 1. The van der Waals surface area contributed by atoms with Crippen LogP contribution in [0.25, 0.3) is 0 Å². The van der Waals surface area contributed by atoms with Gasteiger partial charge in [-0.15, -0.1) is 0 Å². The van der Waals surface area contributed by atoms with Crippen LogP contribution in [0.3, 0.4) is 0 Å². The van der Waals surface area contributed by atoms with E-state index in [4.69, 9.17) is 15.3 Å². The average molecular weight is 313 g/mol. The second kappa shape index (κ2) is 7.93. The Hall–Kier alpha value is -2.89. The first-order valence-electron chi connectivity index (χ1n) is 7.22. The second-order valence-corrected chi connectivity index (χ2v) is 5.19. The van der Waals surface area contributed by atoms with Gasteiger partial charge in [0.25, 0.3) is 0 Å². The number of hydrogen-bond donors (Lipinski definition) is 1. The van der Waals surface area contributed by atoms with Gasteiger partial charge in [-0.25, -0.2) is 4.79 Å². The molecule has 0 radical (unpaired) electrons. The lowest BCUT2D eigenvalue weighted by atomic mass is 10.0. The molecule has 1 aromatic heterocycles. The Kier molecular flexibility index (Phi) is 5.68. The third-order valence-electron chi connectivity index (χ3n) is 3.11. The highest BCUT2D eigenvalue weighted by Crippen LogP contribution is 2.18. The van der Waals surface area contributed by atoms with Crippen molar-refractivity contribution in [3.8, 4) is 5.75 Å². The number of hydrogen-bond acceptors (Lipinski definition) is 5. The SMILES string of the molecule is CC(C)c1ccc(OCC(=O)O/N=C(/N)c2cccnc2)cc1. The summed E-state index contributed by atoms with van der Waals surface area (Å²) in [5.74, 6) is 0.479. The van der Waals surface area contributed by atoms with E-state index in [1.165, 1.54) is 11.8 Å². The summed E-state index contributed by atoms with van der Waals surface area (Å²) >= 11 is 0. The first-order chi connectivity index (χ1) is 11.1. The molecular formula is C17H19N3O3. The molecule has 0 saturated heterocycles. The Labute approximate surface area is 134 Å². The molecule has 0 aliphatic rings. The number of oxime groups is 1. The van der Waals surface area contributed by atoms with Crippen molar-refractivity contribution < 1.29 is 14.4 Å². The molecule has 6 heteroatoms. The zero-order valence-corrected chi connectivity index (χ0v) is 13.1. The molecule has 0 unspecified atom stereocenters. The number of nitrogens with two attached hydrogens (primary N) is 1. The molecule has 1 heterocycles. The second-order valence-electron chi connectivity index (χ2n) is 5.19. The number of nitrogens with zero attached hydrogens (tertiary/aromatic N) is 2. The minimum absolute atomic E-state index is 0.0766. The zero-order valence-electron chi connectivity index (χ0n) is 13.1. The highest BCUT2D eigenvalue weighted by atomic mass is 16.7. The number of carbonyl (C=O) groups excluding carboxylic acids is 1. The first-order valence-corrected chi connectivity index (χ1v) is 7.22. The highest BCUT2D eigenvalue weighted by molar-refractivity contribution is 5.97. The number of amidine groups is 1. The number of aromatic nitrogens is 1. The topological polar surface area (TPSA) is 86.8 Å². The van der Waals surface area contributed by atoms with Gasteiger partial charge in [0.15, 0.2) is 12.4 Å². The fourth-order valence-corrected chi connectivity index (χ4v) is 1.78. The molecule has 0 spiro atoms. The van der Waals surface area contributed by atoms with E-state index < -0.39 is 5.97 Å². The standard InChI is InChI=1S/C17H19N3O3/c1-12(2)13-5-7-15(8-6-13)22-11-16(21)23-20-17(18)14-4-3-9-19-10-14/h3-10,12H,11H2,1-2H3,(H2,18,20). The first kappa shape index (κ1) is 16.5. The number of ether oxygens (including phenoxy) is 1. The third kappa shape index (κ3) is 5.10. The van der Waals surface area contributed by atoms with Crippen LogP contribution in [0, 0.1) is 0 Å². The summed E-state index contributed by atoms with van der Waals surface area (Å²) in [6.45, 7) is 3.97. The molecule has 2 N–H and O–H groups in total. The van der Waals surface area contributed by atoms with Crippen LogP contribution >= 0.6 is 0 Å². The number of carbonyl (C=O) groups is 1. The van der Waals surface area contributed by atoms with Gasteiger partial charge >= 0.3 is 5.97 Å². The van der Waals surface area contributed by atoms with Crippen molar-refractivity contribution in [3.63, 3.8) is 0 Å². The molecule has 2 aromatic rings. The van der Waals surface area contributed by atoms with E-state index in [0.717, 1.165) is 0 Å². The van der Waals surface area contributed by atoms with Crippen molar-refractivity contribution in [2.45, 2.75) is 19.8 Å². The van der Waals surface area contributed by atoms with Crippen LogP contribution in [-0.4, -0.2) is 23.4 Å². The van der Waals surface area contributed by atoms with Gasteiger partial charge in [0, 0.05) is 18.0 Å². The van der Waals surface area contributed by atoms with Gasteiger partial charge in [0.1, 0.15) is 5.75 Å². The molecule has 0 aliphatic carbocycles. The monoisotopic (exact) mass is 313 g/mol. The predicted octanol–water partition coefficient (Wildman–Crippen LogP) is 2.45. The summed E-state index contributed by atoms with van der Waals surface area (Å²) in [4.78, 5) is 20.2. The molecule has 2 rings (SSSR count). The zero-order chi connectivity index (χ0) is 16.7. The van der Waals surface area contributed by atoms with Crippen molar-refractivity contribution in [1.82, 2.24) is 4.98 Å². The summed E-state index contributed by atoms with van der Waals surface area (Å²) in [7, 11) is 0. The lowest BCUT2D eigenvalue weighted by molar-refractivity contribution is -0.146. The van der Waals surface area contributed by atoms with Crippen molar-refractivity contribution in [2.24, 2.45) is 10.9 Å². The Morgan fingerprint density at radius 3 is 2.61 bits per heavy atom. The van der Waals surface area contributed by atoms with Crippen molar-refractivity contribution in [2.75, 3.05) is 6.61 Å². The Balaban J connectivity index is 1.83. The fraction of sp³-hybridized carbons (Fsp3) is 0.235. The molecule has 6 nitrogen and oxygen atoms in total. The maximum atomic E-state index is 11.6. The molecule has 0 aliphatic heterocycles. The fourth-order valence-electron chi connectivity index (χ4n) is 1.78. The van der Waals surface area contributed by atoms with Crippen LogP contribution in [0.15, 0.2) is 53.9 Å². The van der Waals surface area contributed by atoms with E-state index in [1.54, 1.807) is 18.3 Å². The molecule has 120 valence electrons. The van der Waals surface area contributed by atoms with E-state index in [2.05, 4.69) is 24.0 Å². The molecule has 0 fully saturated rings. The minimum atomic E-state index is -0.634. The lowest BCUT2D eigenvalue weighted by Crippen LogP contribution is -2.18. The van der Waals surface area contributed by atoms with Crippen LogP contribution in [0.2, 0.25) is 0 Å². The van der Waals surface area contributed by atoms with Crippen LogP contribution in [0.4, 0.5) is 0 Å². The third-order valence-corrected chi connectivity index (χ3v) is 3.11. The lowest BCUT2D eigenvalue weighted by Gasteiger charge is -2.07. The summed E-state index contributed by atoms with van der Waals surface area (Å²) in [5.41, 5.74) is 7.46. The average Bonchev–Trinajstić information content (AvgIpc) is 2.59. The van der Waals surface area contributed by atoms with E-state index in [1.807, 2.05) is 24.3 Å². The van der Waals surface area contributed by atoms with Gasteiger partial charge in [0.05, 0.1) is 0 Å². The maximum Gasteiger partial charge on any atom is 0.372 e. The summed E-state index contributed by atoms with van der Waals surface area (Å²) in [6, 6.07) is 11.0. The quantitative estimate of drug-likeness (QED) is 0.383. The Morgan fingerprint density at radius 2 is 2.00 bits per heavy atom. The summed E-state index contributed by atoms with van der Waals surface area (Å²) in [5, 5.41) is 3.57. The van der Waals surface area contributed by atoms with E-state index in [9.17, 15) is 4.79 Å². The summed E-state index contributed by atoms with van der Waals surface area (Å²) < 4.78 is 5.34. The minimum Gasteiger partial charge on any atom is -0.482 e.